The maximum Gasteiger partial charge on any atom is 0.325 e. The second kappa shape index (κ2) is 7.13. The highest BCUT2D eigenvalue weighted by Crippen LogP contribution is 2.35. The zero-order valence-electron chi connectivity index (χ0n) is 12.3. The Labute approximate surface area is 128 Å². The van der Waals surface area contributed by atoms with Crippen LogP contribution in [0.5, 0.6) is 0 Å². The summed E-state index contributed by atoms with van der Waals surface area (Å²) < 4.78 is 10.7. The Morgan fingerprint density at radius 3 is 2.64 bits per heavy atom. The van der Waals surface area contributed by atoms with Crippen molar-refractivity contribution in [1.82, 2.24) is 9.97 Å². The molecule has 0 fully saturated rings. The number of hydrogen-bond acceptors (Lipinski definition) is 6. The van der Waals surface area contributed by atoms with Gasteiger partial charge in [0.25, 0.3) is 5.56 Å². The third kappa shape index (κ3) is 4.72. The van der Waals surface area contributed by atoms with Crippen molar-refractivity contribution in [3.63, 3.8) is 0 Å². The molecule has 0 amide bonds. The Balaban J connectivity index is 1.70. The molecular formula is C12H22N5O4P. The van der Waals surface area contributed by atoms with Crippen LogP contribution in [0.25, 0.3) is 0 Å². The summed E-state index contributed by atoms with van der Waals surface area (Å²) in [7, 11) is -3.85. The number of fused-ring (bicyclic) bond motifs is 1. The molecule has 2 heterocycles. The van der Waals surface area contributed by atoms with Gasteiger partial charge in [0, 0.05) is 12.7 Å². The van der Waals surface area contributed by atoms with Crippen LogP contribution in [0.3, 0.4) is 0 Å². The molecule has 0 saturated carbocycles. The van der Waals surface area contributed by atoms with Crippen molar-refractivity contribution < 1.29 is 14.4 Å². The van der Waals surface area contributed by atoms with Crippen molar-refractivity contribution in [2.24, 2.45) is 0 Å². The molecule has 0 saturated heterocycles. The average molecular weight is 331 g/mol. The lowest BCUT2D eigenvalue weighted by Gasteiger charge is -2.16. The molecule has 0 atom stereocenters. The van der Waals surface area contributed by atoms with Crippen LogP contribution in [0.1, 0.15) is 32.1 Å². The van der Waals surface area contributed by atoms with Crippen molar-refractivity contribution in [2.45, 2.75) is 32.1 Å². The van der Waals surface area contributed by atoms with Gasteiger partial charge in [0.05, 0.1) is 6.67 Å². The van der Waals surface area contributed by atoms with Crippen molar-refractivity contribution in [2.75, 3.05) is 35.3 Å². The first-order chi connectivity index (χ1) is 10.4. The number of hydrogen-bond donors (Lipinski definition) is 5. The minimum atomic E-state index is -3.85. The summed E-state index contributed by atoms with van der Waals surface area (Å²) in [6, 6.07) is 0. The number of nitrogen functional groups attached to an aromatic ring is 1. The van der Waals surface area contributed by atoms with E-state index in [0.29, 0.717) is 24.6 Å². The molecule has 0 spiro atoms. The number of unbranched alkanes of at least 4 members (excludes halogenated alkanes) is 4. The second-order valence-corrected chi connectivity index (χ2v) is 7.18. The lowest BCUT2D eigenvalue weighted by molar-refractivity contribution is 0.370. The molecule has 0 radical (unpaired) electrons. The Hall–Kier alpha value is -1.57. The van der Waals surface area contributed by atoms with Crippen LogP contribution < -0.4 is 21.5 Å². The van der Waals surface area contributed by atoms with Gasteiger partial charge >= 0.3 is 7.60 Å². The molecular weight excluding hydrogens is 309 g/mol. The smallest absolute Gasteiger partial charge is 0.325 e. The lowest BCUT2D eigenvalue weighted by atomic mass is 10.1. The molecule has 6 N–H and O–H groups in total. The van der Waals surface area contributed by atoms with Crippen molar-refractivity contribution in [3.8, 4) is 0 Å². The van der Waals surface area contributed by atoms with Crippen LogP contribution >= 0.6 is 7.60 Å². The summed E-state index contributed by atoms with van der Waals surface area (Å²) in [5.74, 6) is 0.692. The van der Waals surface area contributed by atoms with Gasteiger partial charge in [0.15, 0.2) is 5.82 Å². The largest absolute Gasteiger partial charge is 0.369 e. The molecule has 22 heavy (non-hydrogen) atoms. The van der Waals surface area contributed by atoms with Crippen LogP contribution in [0.15, 0.2) is 4.79 Å². The minimum absolute atomic E-state index is 0.0393. The van der Waals surface area contributed by atoms with Crippen LogP contribution in [0.4, 0.5) is 17.5 Å². The number of rotatable bonds is 8. The van der Waals surface area contributed by atoms with E-state index < -0.39 is 7.60 Å². The highest BCUT2D eigenvalue weighted by molar-refractivity contribution is 7.51. The van der Waals surface area contributed by atoms with Crippen LogP contribution in [-0.4, -0.2) is 39.1 Å². The predicted molar refractivity (Wildman–Crippen MR) is 85.1 cm³/mol. The van der Waals surface area contributed by atoms with Gasteiger partial charge in [0.1, 0.15) is 5.69 Å². The molecule has 9 nitrogen and oxygen atoms in total. The van der Waals surface area contributed by atoms with E-state index in [1.807, 2.05) is 4.90 Å². The van der Waals surface area contributed by atoms with Gasteiger partial charge < -0.3 is 25.7 Å². The first-order valence-electron chi connectivity index (χ1n) is 7.30. The minimum Gasteiger partial charge on any atom is -0.369 e. The summed E-state index contributed by atoms with van der Waals surface area (Å²) in [5.41, 5.74) is 5.75. The van der Waals surface area contributed by atoms with Gasteiger partial charge in [-0.3, -0.25) is 14.3 Å². The zero-order valence-corrected chi connectivity index (χ0v) is 13.2. The number of aromatic amines is 1. The third-order valence-corrected chi connectivity index (χ3v) is 4.44. The molecule has 0 unspecified atom stereocenters. The zero-order chi connectivity index (χ0) is 16.2. The van der Waals surface area contributed by atoms with Crippen molar-refractivity contribution in [3.05, 3.63) is 10.4 Å². The number of nitrogens with two attached hydrogens (primary N) is 1. The third-order valence-electron chi connectivity index (χ3n) is 3.54. The van der Waals surface area contributed by atoms with E-state index in [0.717, 1.165) is 32.2 Å². The summed E-state index contributed by atoms with van der Waals surface area (Å²) in [4.78, 5) is 37.8. The molecule has 124 valence electrons. The van der Waals surface area contributed by atoms with Gasteiger partial charge in [-0.15, -0.1) is 0 Å². The summed E-state index contributed by atoms with van der Waals surface area (Å²) in [6.07, 6.45) is 4.13. The number of nitrogens with zero attached hydrogens (tertiary/aromatic N) is 2. The van der Waals surface area contributed by atoms with E-state index in [4.69, 9.17) is 15.5 Å². The fourth-order valence-electron chi connectivity index (χ4n) is 2.45. The lowest BCUT2D eigenvalue weighted by Crippen LogP contribution is -2.24. The van der Waals surface area contributed by atoms with Gasteiger partial charge in [-0.1, -0.05) is 19.3 Å². The Bertz CT molecular complexity index is 614. The summed E-state index contributed by atoms with van der Waals surface area (Å²) >= 11 is 0. The molecule has 10 heteroatoms. The average Bonchev–Trinajstić information content (AvgIpc) is 2.80. The van der Waals surface area contributed by atoms with Gasteiger partial charge in [0.2, 0.25) is 5.95 Å². The Morgan fingerprint density at radius 2 is 1.91 bits per heavy atom. The quantitative estimate of drug-likeness (QED) is 0.345. The molecule has 1 aliphatic heterocycles. The maximum absolute atomic E-state index is 11.7. The normalized spacial score (nSPS) is 14.0. The Kier molecular flexibility index (Phi) is 5.44. The number of aromatic nitrogens is 2. The van der Waals surface area contributed by atoms with E-state index in [-0.39, 0.29) is 17.7 Å². The fourth-order valence-corrected chi connectivity index (χ4v) is 3.09. The van der Waals surface area contributed by atoms with Gasteiger partial charge in [-0.25, -0.2) is 0 Å². The highest BCUT2D eigenvalue weighted by Gasteiger charge is 2.23. The predicted octanol–water partition coefficient (Wildman–Crippen LogP) is 0.670. The topological polar surface area (TPSA) is 145 Å². The molecule has 2 rings (SSSR count). The highest BCUT2D eigenvalue weighted by atomic mass is 31.2. The van der Waals surface area contributed by atoms with Gasteiger partial charge in [-0.05, 0) is 12.8 Å². The fraction of sp³-hybridized carbons (Fsp3) is 0.667. The molecule has 0 aliphatic carbocycles. The van der Waals surface area contributed by atoms with E-state index in [9.17, 15) is 9.36 Å². The number of nitrogens with one attached hydrogen (secondary N) is 2. The number of anilines is 3. The molecule has 0 bridgehead atoms. The summed E-state index contributed by atoms with van der Waals surface area (Å²) in [5, 5.41) is 3.00. The molecule has 1 aliphatic rings. The van der Waals surface area contributed by atoms with E-state index >= 15 is 0 Å². The van der Waals surface area contributed by atoms with Crippen molar-refractivity contribution in [1.29, 1.82) is 0 Å². The second-order valence-electron chi connectivity index (χ2n) is 5.40. The van der Waals surface area contributed by atoms with E-state index in [1.165, 1.54) is 0 Å². The van der Waals surface area contributed by atoms with Crippen LogP contribution in [0, 0.1) is 0 Å². The first kappa shape index (κ1) is 16.8. The SMILES string of the molecule is Nc1nc2c(c(=O)[nH]1)NCN2CCCCCCCP(=O)(O)O. The van der Waals surface area contributed by atoms with Crippen LogP contribution in [0.2, 0.25) is 0 Å². The molecule has 1 aromatic rings. The first-order valence-corrected chi connectivity index (χ1v) is 9.10. The van der Waals surface area contributed by atoms with Crippen LogP contribution in [-0.2, 0) is 4.57 Å². The Morgan fingerprint density at radius 1 is 1.23 bits per heavy atom. The maximum atomic E-state index is 11.7. The standard InChI is InChI=1S/C12H22N5O4P/c13-12-15-10-9(11(18)16-12)14-8-17(10)6-4-2-1-3-5-7-22(19,20)21/h14H,1-8H2,(H2,19,20,21)(H3,13,15,16,18). The van der Waals surface area contributed by atoms with Crippen molar-refractivity contribution >= 4 is 25.0 Å². The van der Waals surface area contributed by atoms with E-state index in [1.54, 1.807) is 0 Å². The molecule has 1 aromatic heterocycles. The monoisotopic (exact) mass is 331 g/mol. The van der Waals surface area contributed by atoms with E-state index in [2.05, 4.69) is 15.3 Å². The molecule has 0 aromatic carbocycles. The number of H-pyrrole nitrogens is 1. The summed E-state index contributed by atoms with van der Waals surface area (Å²) in [6.45, 7) is 1.29. The van der Waals surface area contributed by atoms with Gasteiger partial charge in [-0.2, -0.15) is 4.98 Å².